The van der Waals surface area contributed by atoms with Crippen LogP contribution in [0.3, 0.4) is 0 Å². The van der Waals surface area contributed by atoms with Gasteiger partial charge in [0.15, 0.2) is 0 Å². The van der Waals surface area contributed by atoms with Crippen molar-refractivity contribution in [3.05, 3.63) is 29.3 Å². The van der Waals surface area contributed by atoms with Crippen molar-refractivity contribution in [2.24, 2.45) is 0 Å². The van der Waals surface area contributed by atoms with E-state index in [-0.39, 0.29) is 11.9 Å². The van der Waals surface area contributed by atoms with Gasteiger partial charge < -0.3 is 10.1 Å². The number of hydrogen-bond donors (Lipinski definition) is 1. The van der Waals surface area contributed by atoms with Gasteiger partial charge in [-0.25, -0.2) is 0 Å². The molecule has 1 atom stereocenters. The van der Waals surface area contributed by atoms with Crippen LogP contribution < -0.4 is 10.1 Å². The molecule has 1 N–H and O–H groups in total. The largest absolute Gasteiger partial charge is 0.496 e. The maximum Gasteiger partial charge on any atom is 0.251 e. The molecule has 0 radical (unpaired) electrons. The highest BCUT2D eigenvalue weighted by Crippen LogP contribution is 2.18. The standard InChI is InChI=1S/C12H16ClNO2/c1-8-4-5-10(6-11(8)16-3)12(15)14-9(2)7-13/h4-6,9H,7H2,1-3H3,(H,14,15). The van der Waals surface area contributed by atoms with Gasteiger partial charge in [0.1, 0.15) is 5.75 Å². The van der Waals surface area contributed by atoms with Gasteiger partial charge in [-0.3, -0.25) is 4.79 Å². The van der Waals surface area contributed by atoms with E-state index in [1.165, 1.54) is 0 Å². The van der Waals surface area contributed by atoms with E-state index in [1.807, 2.05) is 19.9 Å². The summed E-state index contributed by atoms with van der Waals surface area (Å²) in [5, 5.41) is 2.79. The zero-order chi connectivity index (χ0) is 12.1. The van der Waals surface area contributed by atoms with Crippen LogP contribution in [0.15, 0.2) is 18.2 Å². The molecule has 0 aliphatic carbocycles. The number of benzene rings is 1. The summed E-state index contributed by atoms with van der Waals surface area (Å²) in [6.45, 7) is 3.79. The first kappa shape index (κ1) is 12.8. The van der Waals surface area contributed by atoms with Gasteiger partial charge >= 0.3 is 0 Å². The first-order valence-corrected chi connectivity index (χ1v) is 5.63. The van der Waals surface area contributed by atoms with Crippen LogP contribution >= 0.6 is 11.6 Å². The number of nitrogens with one attached hydrogen (secondary N) is 1. The summed E-state index contributed by atoms with van der Waals surface area (Å²) in [6.07, 6.45) is 0. The van der Waals surface area contributed by atoms with E-state index in [0.29, 0.717) is 17.2 Å². The smallest absolute Gasteiger partial charge is 0.251 e. The molecule has 1 rings (SSSR count). The summed E-state index contributed by atoms with van der Waals surface area (Å²) in [6, 6.07) is 5.32. The van der Waals surface area contributed by atoms with E-state index in [9.17, 15) is 4.79 Å². The lowest BCUT2D eigenvalue weighted by molar-refractivity contribution is 0.0943. The highest BCUT2D eigenvalue weighted by atomic mass is 35.5. The molecule has 0 aromatic heterocycles. The Morgan fingerprint density at radius 1 is 1.56 bits per heavy atom. The Balaban J connectivity index is 2.84. The topological polar surface area (TPSA) is 38.3 Å². The molecular weight excluding hydrogens is 226 g/mol. The molecule has 0 fully saturated rings. The van der Waals surface area contributed by atoms with Crippen molar-refractivity contribution in [2.45, 2.75) is 19.9 Å². The van der Waals surface area contributed by atoms with Crippen LogP contribution in [0.4, 0.5) is 0 Å². The zero-order valence-corrected chi connectivity index (χ0v) is 10.5. The van der Waals surface area contributed by atoms with Gasteiger partial charge in [-0.05, 0) is 31.5 Å². The van der Waals surface area contributed by atoms with E-state index >= 15 is 0 Å². The number of ether oxygens (including phenoxy) is 1. The van der Waals surface area contributed by atoms with Crippen molar-refractivity contribution >= 4 is 17.5 Å². The maximum atomic E-state index is 11.8. The van der Waals surface area contributed by atoms with Crippen LogP contribution in [0, 0.1) is 6.92 Å². The molecule has 0 bridgehead atoms. The van der Waals surface area contributed by atoms with Crippen molar-refractivity contribution in [1.29, 1.82) is 0 Å². The quantitative estimate of drug-likeness (QED) is 0.822. The second-order valence-corrected chi connectivity index (χ2v) is 4.02. The van der Waals surface area contributed by atoms with E-state index in [0.717, 1.165) is 5.56 Å². The summed E-state index contributed by atoms with van der Waals surface area (Å²) < 4.78 is 5.16. The minimum absolute atomic E-state index is 0.0403. The minimum Gasteiger partial charge on any atom is -0.496 e. The zero-order valence-electron chi connectivity index (χ0n) is 9.71. The van der Waals surface area contributed by atoms with Crippen LogP contribution in [0.1, 0.15) is 22.8 Å². The Labute approximate surface area is 101 Å². The highest BCUT2D eigenvalue weighted by Gasteiger charge is 2.10. The first-order chi connectivity index (χ1) is 7.58. The van der Waals surface area contributed by atoms with Gasteiger partial charge in [0, 0.05) is 17.5 Å². The van der Waals surface area contributed by atoms with Crippen molar-refractivity contribution < 1.29 is 9.53 Å². The number of alkyl halides is 1. The number of rotatable bonds is 4. The first-order valence-electron chi connectivity index (χ1n) is 5.10. The molecule has 0 heterocycles. The molecule has 0 spiro atoms. The maximum absolute atomic E-state index is 11.8. The molecule has 4 heteroatoms. The average molecular weight is 242 g/mol. The summed E-state index contributed by atoms with van der Waals surface area (Å²) in [5.74, 6) is 0.979. The molecule has 3 nitrogen and oxygen atoms in total. The lowest BCUT2D eigenvalue weighted by Crippen LogP contribution is -2.33. The van der Waals surface area contributed by atoms with Crippen LogP contribution in [0.25, 0.3) is 0 Å². The minimum atomic E-state index is -0.133. The molecule has 0 aliphatic rings. The molecule has 0 saturated heterocycles. The number of aryl methyl sites for hydroxylation is 1. The van der Waals surface area contributed by atoms with Gasteiger partial charge in [0.25, 0.3) is 5.91 Å². The van der Waals surface area contributed by atoms with Crippen molar-refractivity contribution in [2.75, 3.05) is 13.0 Å². The van der Waals surface area contributed by atoms with E-state index in [2.05, 4.69) is 5.32 Å². The fourth-order valence-electron chi connectivity index (χ4n) is 1.31. The van der Waals surface area contributed by atoms with Crippen LogP contribution in [-0.4, -0.2) is 24.9 Å². The fraction of sp³-hybridized carbons (Fsp3) is 0.417. The number of methoxy groups -OCH3 is 1. The SMILES string of the molecule is COc1cc(C(=O)NC(C)CCl)ccc1C. The number of hydrogen-bond acceptors (Lipinski definition) is 2. The van der Waals surface area contributed by atoms with Crippen LogP contribution in [0.5, 0.6) is 5.75 Å². The molecule has 88 valence electrons. The molecule has 0 saturated carbocycles. The Bertz CT molecular complexity index is 379. The highest BCUT2D eigenvalue weighted by molar-refractivity contribution is 6.18. The van der Waals surface area contributed by atoms with E-state index < -0.39 is 0 Å². The predicted octanol–water partition coefficient (Wildman–Crippen LogP) is 2.36. The van der Waals surface area contributed by atoms with Gasteiger partial charge in [0.2, 0.25) is 0 Å². The number of amides is 1. The van der Waals surface area contributed by atoms with Gasteiger partial charge in [-0.1, -0.05) is 6.07 Å². The van der Waals surface area contributed by atoms with Gasteiger partial charge in [-0.2, -0.15) is 0 Å². The molecule has 0 aliphatic heterocycles. The second kappa shape index (κ2) is 5.75. The Hall–Kier alpha value is -1.22. The summed E-state index contributed by atoms with van der Waals surface area (Å²) in [7, 11) is 1.59. The monoisotopic (exact) mass is 241 g/mol. The molecule has 1 amide bonds. The Morgan fingerprint density at radius 2 is 2.25 bits per heavy atom. The van der Waals surface area contributed by atoms with Crippen LogP contribution in [0.2, 0.25) is 0 Å². The third-order valence-corrected chi connectivity index (χ3v) is 2.74. The average Bonchev–Trinajstić information content (AvgIpc) is 2.29. The van der Waals surface area contributed by atoms with Crippen molar-refractivity contribution in [3.63, 3.8) is 0 Å². The van der Waals surface area contributed by atoms with Gasteiger partial charge in [0.05, 0.1) is 7.11 Å². The summed E-state index contributed by atoms with van der Waals surface area (Å²) in [5.41, 5.74) is 1.59. The third kappa shape index (κ3) is 3.14. The number of halogens is 1. The normalized spacial score (nSPS) is 12.0. The molecule has 1 unspecified atom stereocenters. The molecule has 16 heavy (non-hydrogen) atoms. The Kier molecular flexibility index (Phi) is 4.62. The second-order valence-electron chi connectivity index (χ2n) is 3.71. The van der Waals surface area contributed by atoms with E-state index in [1.54, 1.807) is 19.2 Å². The third-order valence-electron chi connectivity index (χ3n) is 2.28. The summed E-state index contributed by atoms with van der Waals surface area (Å²) in [4.78, 5) is 11.8. The lowest BCUT2D eigenvalue weighted by atomic mass is 10.1. The van der Waals surface area contributed by atoms with Crippen LogP contribution in [-0.2, 0) is 0 Å². The summed E-state index contributed by atoms with van der Waals surface area (Å²) >= 11 is 5.63. The lowest BCUT2D eigenvalue weighted by Gasteiger charge is -2.12. The molecule has 1 aromatic carbocycles. The predicted molar refractivity (Wildman–Crippen MR) is 65.4 cm³/mol. The molecule has 1 aromatic rings. The van der Waals surface area contributed by atoms with Crippen molar-refractivity contribution in [3.8, 4) is 5.75 Å². The Morgan fingerprint density at radius 3 is 2.81 bits per heavy atom. The van der Waals surface area contributed by atoms with Crippen molar-refractivity contribution in [1.82, 2.24) is 5.32 Å². The van der Waals surface area contributed by atoms with Gasteiger partial charge in [-0.15, -0.1) is 11.6 Å². The molecular formula is C12H16ClNO2. The number of carbonyl (C=O) groups is 1. The number of carbonyl (C=O) groups excluding carboxylic acids is 1. The van der Waals surface area contributed by atoms with E-state index in [4.69, 9.17) is 16.3 Å². The fourth-order valence-corrected chi connectivity index (χ4v) is 1.38.